The zero-order valence-corrected chi connectivity index (χ0v) is 11.2. The molecular formula is C13H26N2O2. The molecule has 0 saturated heterocycles. The number of hydrogen-bond donors (Lipinski definition) is 2. The van der Waals surface area contributed by atoms with Crippen molar-refractivity contribution < 1.29 is 9.53 Å². The van der Waals surface area contributed by atoms with Crippen LogP contribution in [0.15, 0.2) is 0 Å². The Kier molecular flexibility index (Phi) is 5.92. The Balaban J connectivity index is 2.35. The van der Waals surface area contributed by atoms with Gasteiger partial charge in [0.05, 0.1) is 6.10 Å². The van der Waals surface area contributed by atoms with Gasteiger partial charge in [0.15, 0.2) is 0 Å². The number of carbonyl (C=O) groups excluding carboxylic acids is 1. The second kappa shape index (κ2) is 6.97. The van der Waals surface area contributed by atoms with E-state index < -0.39 is 0 Å². The lowest BCUT2D eigenvalue weighted by molar-refractivity contribution is -0.127. The molecule has 1 saturated carbocycles. The van der Waals surface area contributed by atoms with E-state index in [2.05, 4.69) is 5.32 Å². The lowest BCUT2D eigenvalue weighted by atomic mass is 9.78. The highest BCUT2D eigenvalue weighted by Crippen LogP contribution is 2.29. The molecule has 1 amide bonds. The first-order valence-corrected chi connectivity index (χ1v) is 6.60. The third-order valence-corrected chi connectivity index (χ3v) is 3.84. The third kappa shape index (κ3) is 4.64. The van der Waals surface area contributed by atoms with Gasteiger partial charge >= 0.3 is 0 Å². The molecule has 0 heterocycles. The summed E-state index contributed by atoms with van der Waals surface area (Å²) in [5.74, 6) is 0.634. The Morgan fingerprint density at radius 1 is 1.47 bits per heavy atom. The molecule has 0 aromatic carbocycles. The van der Waals surface area contributed by atoms with E-state index >= 15 is 0 Å². The normalized spacial score (nSPS) is 28.5. The predicted octanol–water partition coefficient (Wildman–Crippen LogP) is 1.29. The molecule has 4 atom stereocenters. The van der Waals surface area contributed by atoms with Crippen molar-refractivity contribution in [2.24, 2.45) is 17.6 Å². The molecular weight excluding hydrogens is 216 g/mol. The molecule has 0 aromatic rings. The summed E-state index contributed by atoms with van der Waals surface area (Å²) in [6.07, 6.45) is 4.43. The second-order valence-electron chi connectivity index (χ2n) is 5.27. The fourth-order valence-corrected chi connectivity index (χ4v) is 2.42. The monoisotopic (exact) mass is 242 g/mol. The van der Waals surface area contributed by atoms with Gasteiger partial charge in [0, 0.05) is 25.6 Å². The third-order valence-electron chi connectivity index (χ3n) is 3.84. The van der Waals surface area contributed by atoms with Crippen molar-refractivity contribution in [1.82, 2.24) is 5.32 Å². The Hall–Kier alpha value is -0.610. The first kappa shape index (κ1) is 14.5. The SMILES string of the molecule is COC(C)CNC(=O)C(C)C1CCCC(N)C1. The standard InChI is InChI=1S/C13H26N2O2/c1-9(17-3)8-15-13(16)10(2)11-5-4-6-12(14)7-11/h9-12H,4-8,14H2,1-3H3,(H,15,16). The minimum absolute atomic E-state index is 0.0606. The van der Waals surface area contributed by atoms with Crippen molar-refractivity contribution in [3.8, 4) is 0 Å². The van der Waals surface area contributed by atoms with Crippen molar-refractivity contribution >= 4 is 5.91 Å². The van der Waals surface area contributed by atoms with E-state index in [1.54, 1.807) is 7.11 Å². The number of nitrogens with one attached hydrogen (secondary N) is 1. The summed E-state index contributed by atoms with van der Waals surface area (Å²) in [5, 5.41) is 2.94. The first-order chi connectivity index (χ1) is 8.04. The van der Waals surface area contributed by atoms with Crippen molar-refractivity contribution in [2.45, 2.75) is 51.7 Å². The predicted molar refractivity (Wildman–Crippen MR) is 68.6 cm³/mol. The van der Waals surface area contributed by atoms with E-state index in [1.165, 1.54) is 0 Å². The van der Waals surface area contributed by atoms with Gasteiger partial charge in [-0.1, -0.05) is 13.3 Å². The van der Waals surface area contributed by atoms with Gasteiger partial charge < -0.3 is 15.8 Å². The van der Waals surface area contributed by atoms with Gasteiger partial charge in [0.25, 0.3) is 0 Å². The average Bonchev–Trinajstić information content (AvgIpc) is 2.34. The van der Waals surface area contributed by atoms with Crippen LogP contribution < -0.4 is 11.1 Å². The van der Waals surface area contributed by atoms with Crippen LogP contribution in [0.1, 0.15) is 39.5 Å². The maximum atomic E-state index is 12.0. The summed E-state index contributed by atoms with van der Waals surface area (Å²) in [7, 11) is 1.65. The topological polar surface area (TPSA) is 64.3 Å². The highest BCUT2D eigenvalue weighted by Gasteiger charge is 2.28. The molecule has 1 aliphatic rings. The Labute approximate surface area is 104 Å². The fraction of sp³-hybridized carbons (Fsp3) is 0.923. The van der Waals surface area contributed by atoms with Crippen molar-refractivity contribution in [3.05, 3.63) is 0 Å². The summed E-state index contributed by atoms with van der Waals surface area (Å²) >= 11 is 0. The van der Waals surface area contributed by atoms with Gasteiger partial charge in [-0.15, -0.1) is 0 Å². The van der Waals surface area contributed by atoms with E-state index in [0.29, 0.717) is 12.5 Å². The van der Waals surface area contributed by atoms with Crippen LogP contribution in [0.3, 0.4) is 0 Å². The zero-order chi connectivity index (χ0) is 12.8. The molecule has 1 fully saturated rings. The lowest BCUT2D eigenvalue weighted by Gasteiger charge is -2.30. The van der Waals surface area contributed by atoms with Crippen LogP contribution in [-0.4, -0.2) is 31.7 Å². The fourth-order valence-electron chi connectivity index (χ4n) is 2.42. The number of nitrogens with two attached hydrogens (primary N) is 1. The first-order valence-electron chi connectivity index (χ1n) is 6.60. The quantitative estimate of drug-likeness (QED) is 0.763. The molecule has 100 valence electrons. The number of rotatable bonds is 5. The summed E-state index contributed by atoms with van der Waals surface area (Å²) in [6, 6.07) is 0.280. The zero-order valence-electron chi connectivity index (χ0n) is 11.2. The maximum Gasteiger partial charge on any atom is 0.223 e. The number of ether oxygens (including phenoxy) is 1. The van der Waals surface area contributed by atoms with Crippen molar-refractivity contribution in [2.75, 3.05) is 13.7 Å². The van der Waals surface area contributed by atoms with Gasteiger partial charge in [0.1, 0.15) is 0 Å². The van der Waals surface area contributed by atoms with Crippen LogP contribution in [0.25, 0.3) is 0 Å². The summed E-state index contributed by atoms with van der Waals surface area (Å²) in [6.45, 7) is 4.54. The molecule has 4 nitrogen and oxygen atoms in total. The van der Waals surface area contributed by atoms with E-state index in [0.717, 1.165) is 25.7 Å². The molecule has 0 aliphatic heterocycles. The molecule has 0 radical (unpaired) electrons. The molecule has 0 spiro atoms. The number of amides is 1. The lowest BCUT2D eigenvalue weighted by Crippen LogP contribution is -2.40. The van der Waals surface area contributed by atoms with Crippen molar-refractivity contribution in [1.29, 1.82) is 0 Å². The minimum atomic E-state index is 0.0606. The van der Waals surface area contributed by atoms with Crippen LogP contribution in [0.5, 0.6) is 0 Å². The van der Waals surface area contributed by atoms with Gasteiger partial charge in [-0.25, -0.2) is 0 Å². The van der Waals surface area contributed by atoms with Gasteiger partial charge in [-0.05, 0) is 32.1 Å². The van der Waals surface area contributed by atoms with E-state index in [1.807, 2.05) is 13.8 Å². The second-order valence-corrected chi connectivity index (χ2v) is 5.27. The highest BCUT2D eigenvalue weighted by molar-refractivity contribution is 5.78. The Morgan fingerprint density at radius 2 is 2.18 bits per heavy atom. The molecule has 17 heavy (non-hydrogen) atoms. The Bertz CT molecular complexity index is 246. The summed E-state index contributed by atoms with van der Waals surface area (Å²) in [4.78, 5) is 12.0. The molecule has 0 aromatic heterocycles. The Morgan fingerprint density at radius 3 is 2.76 bits per heavy atom. The molecule has 4 unspecified atom stereocenters. The largest absolute Gasteiger partial charge is 0.380 e. The average molecular weight is 242 g/mol. The maximum absolute atomic E-state index is 12.0. The number of methoxy groups -OCH3 is 1. The van der Waals surface area contributed by atoms with E-state index in [4.69, 9.17) is 10.5 Å². The molecule has 4 heteroatoms. The highest BCUT2D eigenvalue weighted by atomic mass is 16.5. The van der Waals surface area contributed by atoms with Crippen LogP contribution in [0.4, 0.5) is 0 Å². The van der Waals surface area contributed by atoms with Gasteiger partial charge in [-0.3, -0.25) is 4.79 Å². The van der Waals surface area contributed by atoms with Crippen LogP contribution in [0, 0.1) is 11.8 Å². The molecule has 1 aliphatic carbocycles. The van der Waals surface area contributed by atoms with E-state index in [9.17, 15) is 4.79 Å². The van der Waals surface area contributed by atoms with Crippen LogP contribution in [-0.2, 0) is 9.53 Å². The summed E-state index contributed by atoms with van der Waals surface area (Å²) in [5.41, 5.74) is 5.96. The van der Waals surface area contributed by atoms with Crippen LogP contribution in [0.2, 0.25) is 0 Å². The molecule has 3 N–H and O–H groups in total. The molecule has 1 rings (SSSR count). The van der Waals surface area contributed by atoms with E-state index in [-0.39, 0.29) is 24.0 Å². The smallest absolute Gasteiger partial charge is 0.223 e. The van der Waals surface area contributed by atoms with Gasteiger partial charge in [-0.2, -0.15) is 0 Å². The minimum Gasteiger partial charge on any atom is -0.380 e. The molecule has 0 bridgehead atoms. The summed E-state index contributed by atoms with van der Waals surface area (Å²) < 4.78 is 5.11. The number of carbonyl (C=O) groups is 1. The van der Waals surface area contributed by atoms with Crippen molar-refractivity contribution in [3.63, 3.8) is 0 Å². The number of hydrogen-bond acceptors (Lipinski definition) is 3. The van der Waals surface area contributed by atoms with Gasteiger partial charge in [0.2, 0.25) is 5.91 Å². The van der Waals surface area contributed by atoms with Crippen LogP contribution >= 0.6 is 0 Å².